The average Bonchev–Trinajstić information content (AvgIpc) is 3.03. The Bertz CT molecular complexity index is 630. The molecule has 0 radical (unpaired) electrons. The second-order valence-corrected chi connectivity index (χ2v) is 6.39. The Hall–Kier alpha value is -2.34. The second-order valence-electron chi connectivity index (χ2n) is 6.39. The summed E-state index contributed by atoms with van der Waals surface area (Å²) in [5.74, 6) is 1.17. The lowest BCUT2D eigenvalue weighted by atomic mass is 10.2. The number of pyridine rings is 1. The molecule has 2 rings (SSSR count). The number of carbonyl (C=O) groups is 1. The Morgan fingerprint density at radius 2 is 2.08 bits per heavy atom. The summed E-state index contributed by atoms with van der Waals surface area (Å²) in [7, 11) is 1.60. The average molecular weight is 332 g/mol. The van der Waals surface area contributed by atoms with Crippen LogP contribution in [0.4, 0.5) is 0 Å². The lowest BCUT2D eigenvalue weighted by molar-refractivity contribution is 0.0660. The van der Waals surface area contributed by atoms with Crippen molar-refractivity contribution in [1.29, 1.82) is 0 Å². The molecule has 0 unspecified atom stereocenters. The minimum atomic E-state index is -0.309. The van der Waals surface area contributed by atoms with Crippen LogP contribution in [0.2, 0.25) is 0 Å². The van der Waals surface area contributed by atoms with Gasteiger partial charge in [0.1, 0.15) is 22.8 Å². The molecule has 2 aromatic heterocycles. The summed E-state index contributed by atoms with van der Waals surface area (Å²) in [6.07, 6.45) is 3.16. The maximum Gasteiger partial charge on any atom is 0.272 e. The largest absolute Gasteiger partial charge is 0.487 e. The molecule has 0 atom stereocenters. The van der Waals surface area contributed by atoms with E-state index in [0.717, 1.165) is 0 Å². The van der Waals surface area contributed by atoms with Crippen molar-refractivity contribution < 1.29 is 18.7 Å². The van der Waals surface area contributed by atoms with Gasteiger partial charge in [0.2, 0.25) is 0 Å². The van der Waals surface area contributed by atoms with Gasteiger partial charge in [-0.25, -0.2) is 4.98 Å². The molecule has 2 aromatic rings. The van der Waals surface area contributed by atoms with E-state index in [-0.39, 0.29) is 11.5 Å². The molecular weight excluding hydrogens is 308 g/mol. The third kappa shape index (κ3) is 5.38. The van der Waals surface area contributed by atoms with E-state index >= 15 is 0 Å². The van der Waals surface area contributed by atoms with Gasteiger partial charge in [0.25, 0.3) is 5.91 Å². The molecule has 130 valence electrons. The van der Waals surface area contributed by atoms with Crippen LogP contribution in [0.25, 0.3) is 0 Å². The number of aromatic nitrogens is 1. The molecule has 6 nitrogen and oxygen atoms in total. The second kappa shape index (κ2) is 7.97. The van der Waals surface area contributed by atoms with Crippen molar-refractivity contribution in [2.75, 3.05) is 20.3 Å². The minimum absolute atomic E-state index is 0.175. The summed E-state index contributed by atoms with van der Waals surface area (Å²) in [6, 6.07) is 7.06. The van der Waals surface area contributed by atoms with Crippen LogP contribution < -0.4 is 4.74 Å². The van der Waals surface area contributed by atoms with Crippen LogP contribution in [-0.2, 0) is 11.3 Å². The topological polar surface area (TPSA) is 64.8 Å². The van der Waals surface area contributed by atoms with E-state index < -0.39 is 0 Å². The van der Waals surface area contributed by atoms with Gasteiger partial charge < -0.3 is 18.8 Å². The smallest absolute Gasteiger partial charge is 0.272 e. The number of furan rings is 1. The molecule has 0 aliphatic heterocycles. The van der Waals surface area contributed by atoms with Crippen molar-refractivity contribution in [3.05, 3.63) is 48.2 Å². The molecule has 0 aliphatic carbocycles. The molecule has 0 aliphatic rings. The molecule has 1 amide bonds. The number of hydrogen-bond donors (Lipinski definition) is 0. The lowest BCUT2D eigenvalue weighted by Crippen LogP contribution is -2.34. The van der Waals surface area contributed by atoms with Gasteiger partial charge in [0.05, 0.1) is 25.6 Å². The van der Waals surface area contributed by atoms with Crippen molar-refractivity contribution in [2.45, 2.75) is 32.9 Å². The van der Waals surface area contributed by atoms with Crippen LogP contribution in [0.15, 0.2) is 41.1 Å². The highest BCUT2D eigenvalue weighted by Gasteiger charge is 2.19. The Labute approximate surface area is 142 Å². The van der Waals surface area contributed by atoms with Gasteiger partial charge in [0, 0.05) is 13.7 Å². The molecule has 2 heterocycles. The molecular formula is C18H24N2O4. The number of methoxy groups -OCH3 is 1. The molecule has 24 heavy (non-hydrogen) atoms. The molecule has 0 spiro atoms. The van der Waals surface area contributed by atoms with Gasteiger partial charge in [-0.2, -0.15) is 0 Å². The quantitative estimate of drug-likeness (QED) is 0.779. The van der Waals surface area contributed by atoms with Crippen molar-refractivity contribution in [3.8, 4) is 5.75 Å². The molecule has 0 bridgehead atoms. The normalized spacial score (nSPS) is 11.3. The van der Waals surface area contributed by atoms with E-state index in [1.54, 1.807) is 42.7 Å². The highest BCUT2D eigenvalue weighted by molar-refractivity contribution is 5.92. The first-order valence-electron chi connectivity index (χ1n) is 7.85. The predicted molar refractivity (Wildman–Crippen MR) is 89.9 cm³/mol. The van der Waals surface area contributed by atoms with Gasteiger partial charge in [-0.1, -0.05) is 0 Å². The van der Waals surface area contributed by atoms with E-state index in [1.165, 1.54) is 0 Å². The van der Waals surface area contributed by atoms with Gasteiger partial charge >= 0.3 is 0 Å². The van der Waals surface area contributed by atoms with Crippen molar-refractivity contribution in [3.63, 3.8) is 0 Å². The van der Waals surface area contributed by atoms with E-state index in [1.807, 2.05) is 26.8 Å². The van der Waals surface area contributed by atoms with Crippen molar-refractivity contribution >= 4 is 5.91 Å². The summed E-state index contributed by atoms with van der Waals surface area (Å²) in [6.45, 7) is 7.15. The molecule has 0 aromatic carbocycles. The van der Waals surface area contributed by atoms with Gasteiger partial charge in [-0.05, 0) is 45.0 Å². The number of nitrogens with zero attached hydrogens (tertiary/aromatic N) is 2. The zero-order chi connectivity index (χ0) is 17.6. The third-order valence-corrected chi connectivity index (χ3v) is 3.16. The maximum atomic E-state index is 12.7. The first-order valence-corrected chi connectivity index (χ1v) is 7.85. The first kappa shape index (κ1) is 18.0. The Morgan fingerprint density at radius 1 is 1.29 bits per heavy atom. The number of ether oxygens (including phenoxy) is 2. The predicted octanol–water partition coefficient (Wildman–Crippen LogP) is 3.14. The van der Waals surface area contributed by atoms with Crippen LogP contribution in [0, 0.1) is 0 Å². The summed E-state index contributed by atoms with van der Waals surface area (Å²) >= 11 is 0. The van der Waals surface area contributed by atoms with E-state index in [0.29, 0.717) is 36.9 Å². The minimum Gasteiger partial charge on any atom is -0.487 e. The number of carbonyl (C=O) groups excluding carboxylic acids is 1. The van der Waals surface area contributed by atoms with Crippen LogP contribution in [0.5, 0.6) is 5.75 Å². The van der Waals surface area contributed by atoms with Gasteiger partial charge in [-0.3, -0.25) is 4.79 Å². The van der Waals surface area contributed by atoms with Crippen LogP contribution in [0.1, 0.15) is 37.0 Å². The summed E-state index contributed by atoms with van der Waals surface area (Å²) in [5.41, 5.74) is 0.0516. The van der Waals surface area contributed by atoms with Crippen LogP contribution in [0.3, 0.4) is 0 Å². The maximum absolute atomic E-state index is 12.7. The molecule has 0 N–H and O–H groups in total. The van der Waals surface area contributed by atoms with Gasteiger partial charge in [0.15, 0.2) is 0 Å². The summed E-state index contributed by atoms with van der Waals surface area (Å²) in [4.78, 5) is 18.6. The highest BCUT2D eigenvalue weighted by Crippen LogP contribution is 2.18. The van der Waals surface area contributed by atoms with Crippen molar-refractivity contribution in [1.82, 2.24) is 9.88 Å². The van der Waals surface area contributed by atoms with Crippen LogP contribution in [-0.4, -0.2) is 41.7 Å². The zero-order valence-electron chi connectivity index (χ0n) is 14.6. The molecule has 0 saturated heterocycles. The van der Waals surface area contributed by atoms with Crippen LogP contribution >= 0.6 is 0 Å². The monoisotopic (exact) mass is 332 g/mol. The number of amides is 1. The fourth-order valence-corrected chi connectivity index (χ4v) is 2.13. The van der Waals surface area contributed by atoms with Gasteiger partial charge in [-0.15, -0.1) is 0 Å². The zero-order valence-corrected chi connectivity index (χ0v) is 14.6. The highest BCUT2D eigenvalue weighted by atomic mass is 16.5. The Balaban J connectivity index is 2.10. The third-order valence-electron chi connectivity index (χ3n) is 3.16. The fourth-order valence-electron chi connectivity index (χ4n) is 2.13. The lowest BCUT2D eigenvalue weighted by Gasteiger charge is -2.22. The Kier molecular flexibility index (Phi) is 5.98. The molecule has 0 saturated carbocycles. The standard InChI is InChI=1S/C18H24N2O4/c1-18(2,3)24-14-7-8-16(19-12-14)17(21)20(9-11-22-4)13-15-6-5-10-23-15/h5-8,10,12H,9,11,13H2,1-4H3. The Morgan fingerprint density at radius 3 is 2.62 bits per heavy atom. The summed E-state index contributed by atoms with van der Waals surface area (Å²) in [5, 5.41) is 0. The summed E-state index contributed by atoms with van der Waals surface area (Å²) < 4.78 is 16.1. The molecule has 6 heteroatoms. The van der Waals surface area contributed by atoms with Crippen molar-refractivity contribution in [2.24, 2.45) is 0 Å². The fraction of sp³-hybridized carbons (Fsp3) is 0.444. The van der Waals surface area contributed by atoms with E-state index in [4.69, 9.17) is 13.9 Å². The SMILES string of the molecule is COCCN(Cc1ccco1)C(=O)c1ccc(OC(C)(C)C)cn1. The number of rotatable bonds is 7. The van der Waals surface area contributed by atoms with E-state index in [9.17, 15) is 4.79 Å². The molecule has 0 fully saturated rings. The van der Waals surface area contributed by atoms with E-state index in [2.05, 4.69) is 4.98 Å². The number of hydrogen-bond acceptors (Lipinski definition) is 5. The first-order chi connectivity index (χ1) is 11.4.